The second-order valence-electron chi connectivity index (χ2n) is 7.70. The van der Waals surface area contributed by atoms with Gasteiger partial charge in [0.1, 0.15) is 6.04 Å². The van der Waals surface area contributed by atoms with Gasteiger partial charge in [0, 0.05) is 35.0 Å². The molecule has 9 heteroatoms. The number of rotatable bonds is 8. The number of hydroxylamine groups is 1. The first kappa shape index (κ1) is 23.9. The van der Waals surface area contributed by atoms with Crippen LogP contribution in [0.15, 0.2) is 48.5 Å². The minimum Gasteiger partial charge on any atom is -0.339 e. The van der Waals surface area contributed by atoms with E-state index in [4.69, 9.17) is 10.9 Å². The average molecular weight is 450 g/mol. The number of hydrogen-bond donors (Lipinski definition) is 6. The van der Waals surface area contributed by atoms with Crippen LogP contribution >= 0.6 is 0 Å². The van der Waals surface area contributed by atoms with Gasteiger partial charge in [-0.2, -0.15) is 0 Å². The average Bonchev–Trinajstić information content (AvgIpc) is 2.80. The monoisotopic (exact) mass is 449 g/mol. The van der Waals surface area contributed by atoms with E-state index in [2.05, 4.69) is 27.8 Å². The van der Waals surface area contributed by atoms with E-state index in [1.165, 1.54) is 11.9 Å². The standard InChI is InChI=1S/C24H27N5O4/c25-14-21(24(32)29-33)28-23(31)18-10-6-16(7-11-18)4-5-17-8-12-20(13-9-17)27-22(30)15-26-19-2-1-3-19/h6-13,19,21,26,33H,1-3,14-15,25H2,(H,27,30)(H,28,31)(H,29,32)/t21-/m0/s1. The maximum atomic E-state index is 12.2. The number of amides is 3. The smallest absolute Gasteiger partial charge is 0.267 e. The van der Waals surface area contributed by atoms with Gasteiger partial charge >= 0.3 is 0 Å². The van der Waals surface area contributed by atoms with E-state index in [-0.39, 0.29) is 12.5 Å². The molecule has 172 valence electrons. The fraction of sp³-hybridized carbons (Fsp3) is 0.292. The summed E-state index contributed by atoms with van der Waals surface area (Å²) in [7, 11) is 0. The third-order valence-electron chi connectivity index (χ3n) is 5.29. The van der Waals surface area contributed by atoms with Crippen molar-refractivity contribution in [1.82, 2.24) is 16.1 Å². The van der Waals surface area contributed by atoms with Crippen LogP contribution in [0.3, 0.4) is 0 Å². The van der Waals surface area contributed by atoms with Crippen molar-refractivity contribution in [2.24, 2.45) is 5.73 Å². The van der Waals surface area contributed by atoms with Crippen molar-refractivity contribution in [2.75, 3.05) is 18.4 Å². The molecule has 2 aromatic carbocycles. The third kappa shape index (κ3) is 7.15. The minimum atomic E-state index is -1.03. The number of nitrogens with one attached hydrogen (secondary N) is 4. The van der Waals surface area contributed by atoms with Crippen molar-refractivity contribution >= 4 is 23.4 Å². The number of benzene rings is 2. The Morgan fingerprint density at radius 1 is 1.00 bits per heavy atom. The lowest BCUT2D eigenvalue weighted by atomic mass is 9.93. The number of hydrogen-bond acceptors (Lipinski definition) is 6. The zero-order valence-corrected chi connectivity index (χ0v) is 18.1. The molecule has 0 aliphatic heterocycles. The summed E-state index contributed by atoms with van der Waals surface area (Å²) in [5.74, 6) is 4.70. The Morgan fingerprint density at radius 2 is 1.61 bits per heavy atom. The molecule has 0 saturated heterocycles. The van der Waals surface area contributed by atoms with Crippen LogP contribution in [0.2, 0.25) is 0 Å². The molecule has 0 spiro atoms. The van der Waals surface area contributed by atoms with Crippen molar-refractivity contribution in [3.8, 4) is 11.8 Å². The molecule has 1 fully saturated rings. The molecule has 3 rings (SSSR count). The first-order valence-electron chi connectivity index (χ1n) is 10.7. The van der Waals surface area contributed by atoms with Crippen molar-refractivity contribution in [3.63, 3.8) is 0 Å². The maximum absolute atomic E-state index is 12.2. The fourth-order valence-corrected chi connectivity index (χ4v) is 3.09. The van der Waals surface area contributed by atoms with Crippen LogP contribution in [-0.2, 0) is 9.59 Å². The first-order valence-corrected chi connectivity index (χ1v) is 10.7. The van der Waals surface area contributed by atoms with Gasteiger partial charge in [-0.3, -0.25) is 19.6 Å². The molecule has 33 heavy (non-hydrogen) atoms. The molecule has 0 bridgehead atoms. The normalized spacial score (nSPS) is 13.6. The van der Waals surface area contributed by atoms with Gasteiger partial charge in [0.25, 0.3) is 11.8 Å². The van der Waals surface area contributed by atoms with Gasteiger partial charge in [-0.05, 0) is 61.4 Å². The number of nitrogens with two attached hydrogens (primary N) is 1. The highest BCUT2D eigenvalue weighted by Crippen LogP contribution is 2.17. The summed E-state index contributed by atoms with van der Waals surface area (Å²) in [4.78, 5) is 35.6. The fourth-order valence-electron chi connectivity index (χ4n) is 3.09. The summed E-state index contributed by atoms with van der Waals surface area (Å²) in [6.07, 6.45) is 3.49. The van der Waals surface area contributed by atoms with Gasteiger partial charge in [0.15, 0.2) is 0 Å². The van der Waals surface area contributed by atoms with Crippen molar-refractivity contribution in [1.29, 1.82) is 0 Å². The quantitative estimate of drug-likeness (QED) is 0.199. The van der Waals surface area contributed by atoms with Gasteiger partial charge in [-0.15, -0.1) is 0 Å². The van der Waals surface area contributed by atoms with Gasteiger partial charge in [0.05, 0.1) is 6.54 Å². The SMILES string of the molecule is NC[C@H](NC(=O)c1ccc(C#Cc2ccc(NC(=O)CNC3CCC3)cc2)cc1)C(=O)NO. The van der Waals surface area contributed by atoms with Crippen LogP contribution in [0, 0.1) is 11.8 Å². The third-order valence-corrected chi connectivity index (χ3v) is 5.29. The highest BCUT2D eigenvalue weighted by Gasteiger charge is 2.19. The summed E-state index contributed by atoms with van der Waals surface area (Å²) in [6, 6.07) is 13.2. The van der Waals surface area contributed by atoms with E-state index in [1.54, 1.807) is 36.4 Å². The maximum Gasteiger partial charge on any atom is 0.267 e. The molecule has 2 aromatic rings. The van der Waals surface area contributed by atoms with Crippen molar-refractivity contribution < 1.29 is 19.6 Å². The van der Waals surface area contributed by atoms with E-state index < -0.39 is 17.9 Å². The Kier molecular flexibility index (Phi) is 8.55. The van der Waals surface area contributed by atoms with Crippen LogP contribution < -0.4 is 27.2 Å². The second-order valence-corrected chi connectivity index (χ2v) is 7.70. The molecular formula is C24H27N5O4. The Bertz CT molecular complexity index is 1040. The minimum absolute atomic E-state index is 0.0698. The molecule has 0 aromatic heterocycles. The van der Waals surface area contributed by atoms with Crippen molar-refractivity contribution in [2.45, 2.75) is 31.3 Å². The molecule has 0 unspecified atom stereocenters. The first-order chi connectivity index (χ1) is 16.0. The van der Waals surface area contributed by atoms with E-state index in [9.17, 15) is 14.4 Å². The molecule has 3 amide bonds. The van der Waals surface area contributed by atoms with Crippen LogP contribution in [0.25, 0.3) is 0 Å². The van der Waals surface area contributed by atoms with Gasteiger partial charge in [-0.1, -0.05) is 18.3 Å². The molecule has 1 aliphatic rings. The number of carbonyl (C=O) groups excluding carboxylic acids is 3. The Hall–Kier alpha value is -3.71. The molecule has 0 radical (unpaired) electrons. The Labute approximate surface area is 192 Å². The molecule has 9 nitrogen and oxygen atoms in total. The van der Waals surface area contributed by atoms with Crippen LogP contribution in [0.1, 0.15) is 40.7 Å². The van der Waals surface area contributed by atoms with Crippen LogP contribution in [0.5, 0.6) is 0 Å². The Morgan fingerprint density at radius 3 is 2.12 bits per heavy atom. The molecule has 1 atom stereocenters. The topological polar surface area (TPSA) is 146 Å². The summed E-state index contributed by atoms with van der Waals surface area (Å²) >= 11 is 0. The van der Waals surface area contributed by atoms with Gasteiger partial charge in [0.2, 0.25) is 5.91 Å². The van der Waals surface area contributed by atoms with Crippen LogP contribution in [0.4, 0.5) is 5.69 Å². The lowest BCUT2D eigenvalue weighted by molar-refractivity contribution is -0.130. The molecule has 7 N–H and O–H groups in total. The highest BCUT2D eigenvalue weighted by molar-refractivity contribution is 5.97. The Balaban J connectivity index is 1.52. The lowest BCUT2D eigenvalue weighted by Crippen LogP contribution is -2.50. The lowest BCUT2D eigenvalue weighted by Gasteiger charge is -2.26. The highest BCUT2D eigenvalue weighted by atomic mass is 16.5. The van der Waals surface area contributed by atoms with Crippen LogP contribution in [-0.4, -0.2) is 48.1 Å². The summed E-state index contributed by atoms with van der Waals surface area (Å²) in [5.41, 5.74) is 9.42. The number of anilines is 1. The second kappa shape index (κ2) is 11.8. The van der Waals surface area contributed by atoms with Crippen molar-refractivity contribution in [3.05, 3.63) is 65.2 Å². The summed E-state index contributed by atoms with van der Waals surface area (Å²) in [5, 5.41) is 17.2. The summed E-state index contributed by atoms with van der Waals surface area (Å²) < 4.78 is 0. The molecule has 1 aliphatic carbocycles. The zero-order valence-electron chi connectivity index (χ0n) is 18.1. The molecule has 1 saturated carbocycles. The molecular weight excluding hydrogens is 422 g/mol. The van der Waals surface area contributed by atoms with E-state index in [0.29, 0.717) is 29.4 Å². The zero-order chi connectivity index (χ0) is 23.6. The molecule has 0 heterocycles. The predicted octanol–water partition coefficient (Wildman–Crippen LogP) is 0.729. The van der Waals surface area contributed by atoms with E-state index >= 15 is 0 Å². The number of carbonyl (C=O) groups is 3. The summed E-state index contributed by atoms with van der Waals surface area (Å²) in [6.45, 7) is 0.156. The van der Waals surface area contributed by atoms with Gasteiger partial charge < -0.3 is 21.7 Å². The largest absolute Gasteiger partial charge is 0.339 e. The van der Waals surface area contributed by atoms with Gasteiger partial charge in [-0.25, -0.2) is 5.48 Å². The predicted molar refractivity (Wildman–Crippen MR) is 123 cm³/mol. The van der Waals surface area contributed by atoms with E-state index in [0.717, 1.165) is 18.4 Å². The van der Waals surface area contributed by atoms with E-state index in [1.807, 2.05) is 12.1 Å².